The molecule has 3 rings (SSSR count). The van der Waals surface area contributed by atoms with Crippen molar-refractivity contribution in [3.8, 4) is 11.4 Å². The largest absolute Gasteiger partial charge is 0.469 e. The topological polar surface area (TPSA) is 86.9 Å². The average Bonchev–Trinajstić information content (AvgIpc) is 3.11. The van der Waals surface area contributed by atoms with Crippen molar-refractivity contribution in [2.45, 2.75) is 12.1 Å². The zero-order chi connectivity index (χ0) is 16.4. The standard InChI is InChI=1S/C15H13FN4O2S/c1-9-12(6-7-22-9)14-18-19-15(20(14)17)23-8-13(21)10-2-4-11(16)5-3-10/h2-7H,8,17H2,1H3. The Labute approximate surface area is 135 Å². The van der Waals surface area contributed by atoms with E-state index in [2.05, 4.69) is 10.2 Å². The number of thioether (sulfide) groups is 1. The Balaban J connectivity index is 1.72. The molecule has 0 saturated carbocycles. The second-order valence-corrected chi connectivity index (χ2v) is 5.73. The second kappa shape index (κ2) is 6.25. The zero-order valence-corrected chi connectivity index (χ0v) is 13.0. The molecule has 0 radical (unpaired) electrons. The van der Waals surface area contributed by atoms with Gasteiger partial charge in [0.1, 0.15) is 11.6 Å². The van der Waals surface area contributed by atoms with Crippen LogP contribution in [0.2, 0.25) is 0 Å². The lowest BCUT2D eigenvalue weighted by Crippen LogP contribution is -2.12. The highest BCUT2D eigenvalue weighted by Gasteiger charge is 2.17. The average molecular weight is 332 g/mol. The Hall–Kier alpha value is -2.61. The number of nitrogen functional groups attached to an aromatic ring is 1. The fourth-order valence-corrected chi connectivity index (χ4v) is 2.78. The van der Waals surface area contributed by atoms with Gasteiger partial charge in [-0.1, -0.05) is 11.8 Å². The van der Waals surface area contributed by atoms with Gasteiger partial charge in [-0.15, -0.1) is 10.2 Å². The quantitative estimate of drug-likeness (QED) is 0.439. The predicted octanol–water partition coefficient (Wildman–Crippen LogP) is 2.67. The summed E-state index contributed by atoms with van der Waals surface area (Å²) in [5, 5.41) is 8.43. The number of hydrogen-bond acceptors (Lipinski definition) is 6. The molecule has 1 aromatic carbocycles. The molecule has 2 heterocycles. The van der Waals surface area contributed by atoms with E-state index in [0.717, 1.165) is 5.56 Å². The molecule has 0 bridgehead atoms. The van der Waals surface area contributed by atoms with Crippen molar-refractivity contribution < 1.29 is 13.6 Å². The molecule has 2 N–H and O–H groups in total. The van der Waals surface area contributed by atoms with Gasteiger partial charge in [0.05, 0.1) is 17.6 Å². The van der Waals surface area contributed by atoms with E-state index in [1.54, 1.807) is 19.3 Å². The fraction of sp³-hybridized carbons (Fsp3) is 0.133. The fourth-order valence-electron chi connectivity index (χ4n) is 2.03. The molecule has 23 heavy (non-hydrogen) atoms. The molecule has 0 saturated heterocycles. The number of ketones is 1. The van der Waals surface area contributed by atoms with Gasteiger partial charge >= 0.3 is 0 Å². The van der Waals surface area contributed by atoms with Crippen molar-refractivity contribution in [2.75, 3.05) is 11.6 Å². The van der Waals surface area contributed by atoms with Crippen LogP contribution in [-0.2, 0) is 0 Å². The van der Waals surface area contributed by atoms with Crippen LogP contribution in [0.15, 0.2) is 46.2 Å². The third kappa shape index (κ3) is 3.11. The first-order valence-electron chi connectivity index (χ1n) is 6.73. The molecule has 6 nitrogen and oxygen atoms in total. The van der Waals surface area contributed by atoms with E-state index < -0.39 is 0 Å². The first-order chi connectivity index (χ1) is 11.1. The summed E-state index contributed by atoms with van der Waals surface area (Å²) in [7, 11) is 0. The van der Waals surface area contributed by atoms with E-state index >= 15 is 0 Å². The van der Waals surface area contributed by atoms with Crippen molar-refractivity contribution in [1.29, 1.82) is 0 Å². The number of furan rings is 1. The second-order valence-electron chi connectivity index (χ2n) is 4.79. The Morgan fingerprint density at radius 3 is 2.70 bits per heavy atom. The molecule has 3 aromatic rings. The lowest BCUT2D eigenvalue weighted by molar-refractivity contribution is 0.102. The summed E-state index contributed by atoms with van der Waals surface area (Å²) >= 11 is 1.17. The maximum Gasteiger partial charge on any atom is 0.210 e. The minimum Gasteiger partial charge on any atom is -0.469 e. The number of carbonyl (C=O) groups is 1. The number of nitrogens with two attached hydrogens (primary N) is 1. The van der Waals surface area contributed by atoms with Crippen LogP contribution in [0.3, 0.4) is 0 Å². The van der Waals surface area contributed by atoms with E-state index in [1.165, 1.54) is 40.7 Å². The monoisotopic (exact) mass is 332 g/mol. The Morgan fingerprint density at radius 1 is 1.30 bits per heavy atom. The minimum absolute atomic E-state index is 0.130. The first kappa shape index (κ1) is 15.3. The number of rotatable bonds is 5. The van der Waals surface area contributed by atoms with Gasteiger partial charge in [-0.2, -0.15) is 0 Å². The number of benzene rings is 1. The smallest absolute Gasteiger partial charge is 0.210 e. The summed E-state index contributed by atoms with van der Waals surface area (Å²) in [4.78, 5) is 12.1. The van der Waals surface area contributed by atoms with Crippen LogP contribution in [0.25, 0.3) is 11.4 Å². The number of aromatic nitrogens is 3. The molecule has 0 unspecified atom stereocenters. The lowest BCUT2D eigenvalue weighted by atomic mass is 10.1. The van der Waals surface area contributed by atoms with Crippen LogP contribution in [0, 0.1) is 12.7 Å². The highest BCUT2D eigenvalue weighted by Crippen LogP contribution is 2.25. The zero-order valence-electron chi connectivity index (χ0n) is 12.2. The lowest BCUT2D eigenvalue weighted by Gasteiger charge is -2.03. The van der Waals surface area contributed by atoms with E-state index in [0.29, 0.717) is 22.3 Å². The van der Waals surface area contributed by atoms with Crippen LogP contribution in [0.4, 0.5) is 4.39 Å². The van der Waals surface area contributed by atoms with Crippen LogP contribution in [-0.4, -0.2) is 26.4 Å². The molecule has 8 heteroatoms. The highest BCUT2D eigenvalue weighted by molar-refractivity contribution is 7.99. The van der Waals surface area contributed by atoms with Gasteiger partial charge in [-0.3, -0.25) is 4.79 Å². The number of carbonyl (C=O) groups excluding carboxylic acids is 1. The molecule has 0 atom stereocenters. The van der Waals surface area contributed by atoms with Gasteiger partial charge in [0.15, 0.2) is 11.6 Å². The third-order valence-electron chi connectivity index (χ3n) is 3.26. The predicted molar refractivity (Wildman–Crippen MR) is 84.1 cm³/mol. The number of nitrogens with zero attached hydrogens (tertiary/aromatic N) is 3. The molecule has 0 aliphatic heterocycles. The van der Waals surface area contributed by atoms with Crippen molar-refractivity contribution in [3.05, 3.63) is 53.7 Å². The summed E-state index contributed by atoms with van der Waals surface area (Å²) in [6.07, 6.45) is 1.55. The molecule has 0 spiro atoms. The molecule has 118 valence electrons. The number of hydrogen-bond donors (Lipinski definition) is 1. The third-order valence-corrected chi connectivity index (χ3v) is 4.21. The minimum atomic E-state index is -0.379. The summed E-state index contributed by atoms with van der Waals surface area (Å²) < 4.78 is 19.4. The molecule has 0 aliphatic rings. The van der Waals surface area contributed by atoms with Crippen LogP contribution >= 0.6 is 11.8 Å². The van der Waals surface area contributed by atoms with Gasteiger partial charge in [0.25, 0.3) is 0 Å². The van der Waals surface area contributed by atoms with E-state index in [9.17, 15) is 9.18 Å². The van der Waals surface area contributed by atoms with E-state index in [1.807, 2.05) is 0 Å². The maximum absolute atomic E-state index is 12.9. The molecule has 0 aliphatic carbocycles. The van der Waals surface area contributed by atoms with Crippen LogP contribution in [0.5, 0.6) is 0 Å². The van der Waals surface area contributed by atoms with Crippen LogP contribution < -0.4 is 5.84 Å². The van der Waals surface area contributed by atoms with E-state index in [-0.39, 0.29) is 17.4 Å². The maximum atomic E-state index is 12.9. The SMILES string of the molecule is Cc1occc1-c1nnc(SCC(=O)c2ccc(F)cc2)n1N. The van der Waals surface area contributed by atoms with Gasteiger partial charge < -0.3 is 10.3 Å². The first-order valence-corrected chi connectivity index (χ1v) is 7.71. The number of Topliss-reactive ketones (excluding diaryl/α,β-unsaturated/α-hetero) is 1. The Bertz CT molecular complexity index is 842. The van der Waals surface area contributed by atoms with Crippen molar-refractivity contribution in [2.24, 2.45) is 0 Å². The molecular formula is C15H13FN4O2S. The summed E-state index contributed by atoms with van der Waals surface area (Å²) in [6, 6.07) is 7.16. The number of halogens is 1. The number of aryl methyl sites for hydroxylation is 1. The summed E-state index contributed by atoms with van der Waals surface area (Å²) in [5.74, 6) is 6.74. The van der Waals surface area contributed by atoms with E-state index in [4.69, 9.17) is 10.3 Å². The van der Waals surface area contributed by atoms with Gasteiger partial charge in [-0.25, -0.2) is 9.07 Å². The van der Waals surface area contributed by atoms with Gasteiger partial charge in [0.2, 0.25) is 5.16 Å². The summed E-state index contributed by atoms with van der Waals surface area (Å²) in [6.45, 7) is 1.80. The molecule has 0 amide bonds. The normalized spacial score (nSPS) is 10.9. The van der Waals surface area contributed by atoms with Gasteiger partial charge in [-0.05, 0) is 37.3 Å². The summed E-state index contributed by atoms with van der Waals surface area (Å²) in [5.41, 5.74) is 1.18. The Kier molecular flexibility index (Phi) is 4.16. The van der Waals surface area contributed by atoms with Crippen molar-refractivity contribution >= 4 is 17.5 Å². The highest BCUT2D eigenvalue weighted by atomic mass is 32.2. The molecule has 0 fully saturated rings. The Morgan fingerprint density at radius 2 is 2.04 bits per heavy atom. The molecular weight excluding hydrogens is 319 g/mol. The van der Waals surface area contributed by atoms with Crippen molar-refractivity contribution in [3.63, 3.8) is 0 Å². The van der Waals surface area contributed by atoms with Crippen molar-refractivity contribution in [1.82, 2.24) is 14.9 Å². The van der Waals surface area contributed by atoms with Crippen LogP contribution in [0.1, 0.15) is 16.1 Å². The molecule has 2 aromatic heterocycles. The van der Waals surface area contributed by atoms with Gasteiger partial charge in [0, 0.05) is 5.56 Å².